The number of thiazole rings is 1. The summed E-state index contributed by atoms with van der Waals surface area (Å²) in [6, 6.07) is 16.3. The van der Waals surface area contributed by atoms with Crippen molar-refractivity contribution in [1.82, 2.24) is 19.9 Å². The van der Waals surface area contributed by atoms with E-state index >= 15 is 0 Å². The molecule has 0 saturated carbocycles. The van der Waals surface area contributed by atoms with Crippen LogP contribution in [0.4, 0.5) is 17.6 Å². The zero-order valence-corrected chi connectivity index (χ0v) is 16.5. The number of anilines is 3. The van der Waals surface area contributed by atoms with Gasteiger partial charge in [0.05, 0.1) is 15.7 Å². The Morgan fingerprint density at radius 2 is 2.00 bits per heavy atom. The zero-order valence-electron chi connectivity index (χ0n) is 15.7. The largest absolute Gasteiger partial charge is 0.479 e. The lowest BCUT2D eigenvalue weighted by Gasteiger charge is -2.25. The molecular weight excluding hydrogens is 384 g/mol. The van der Waals surface area contributed by atoms with Crippen LogP contribution in [0, 0.1) is 0 Å². The monoisotopic (exact) mass is 404 g/mol. The first kappa shape index (κ1) is 17.8. The average molecular weight is 404 g/mol. The molecule has 1 fully saturated rings. The molecule has 8 heteroatoms. The Labute approximate surface area is 172 Å². The molecule has 2 N–H and O–H groups in total. The molecule has 1 atom stereocenters. The molecule has 7 nitrogen and oxygen atoms in total. The minimum absolute atomic E-state index is 0.276. The highest BCUT2D eigenvalue weighted by molar-refractivity contribution is 7.16. The summed E-state index contributed by atoms with van der Waals surface area (Å²) < 4.78 is 1.08. The fraction of sp³-hybridized carbons (Fsp3) is 0.238. The van der Waals surface area contributed by atoms with Crippen molar-refractivity contribution in [2.45, 2.75) is 25.3 Å². The normalized spacial score (nSPS) is 16.4. The lowest BCUT2D eigenvalue weighted by atomic mass is 10.0. The Morgan fingerprint density at radius 3 is 2.90 bits per heavy atom. The fourth-order valence-corrected chi connectivity index (χ4v) is 4.51. The number of aromatic nitrogens is 4. The van der Waals surface area contributed by atoms with Gasteiger partial charge < -0.3 is 15.3 Å². The lowest BCUT2D eigenvalue weighted by molar-refractivity contribution is 0.428. The first-order valence-electron chi connectivity index (χ1n) is 9.60. The summed E-state index contributed by atoms with van der Waals surface area (Å²) in [5, 5.41) is 13.3. The molecule has 0 aliphatic carbocycles. The van der Waals surface area contributed by atoms with Crippen molar-refractivity contribution in [3.8, 4) is 6.01 Å². The molecule has 1 aliphatic heterocycles. The minimum Gasteiger partial charge on any atom is -0.479 e. The molecule has 1 saturated heterocycles. The van der Waals surface area contributed by atoms with Crippen LogP contribution in [-0.4, -0.2) is 37.6 Å². The highest BCUT2D eigenvalue weighted by Gasteiger charge is 2.27. The number of nitrogens with one attached hydrogen (secondary N) is 1. The van der Waals surface area contributed by atoms with Gasteiger partial charge in [0.1, 0.15) is 0 Å². The predicted molar refractivity (Wildman–Crippen MR) is 115 cm³/mol. The number of nitrogens with zero attached hydrogens (tertiary/aromatic N) is 5. The number of aromatic hydroxyl groups is 1. The van der Waals surface area contributed by atoms with Crippen LogP contribution in [0.3, 0.4) is 0 Å². The van der Waals surface area contributed by atoms with E-state index in [4.69, 9.17) is 0 Å². The third-order valence-corrected chi connectivity index (χ3v) is 5.94. The van der Waals surface area contributed by atoms with Crippen LogP contribution in [-0.2, 0) is 6.42 Å². The van der Waals surface area contributed by atoms with Crippen LogP contribution in [0.25, 0.3) is 10.2 Å². The molecule has 1 aliphatic rings. The van der Waals surface area contributed by atoms with Crippen molar-refractivity contribution in [2.75, 3.05) is 16.8 Å². The van der Waals surface area contributed by atoms with E-state index in [0.29, 0.717) is 17.9 Å². The minimum atomic E-state index is -0.276. The average Bonchev–Trinajstić information content (AvgIpc) is 3.37. The van der Waals surface area contributed by atoms with Gasteiger partial charge in [0.25, 0.3) is 0 Å². The second-order valence-electron chi connectivity index (χ2n) is 7.10. The SMILES string of the molecule is Oc1nc(Nc2ccc3ncsc3c2)nc(N2CCCC2Cc2ccccc2)n1. The van der Waals surface area contributed by atoms with Crippen molar-refractivity contribution in [2.24, 2.45) is 0 Å². The Bertz CT molecular complexity index is 1130. The summed E-state index contributed by atoms with van der Waals surface area (Å²) in [5.74, 6) is 0.846. The Kier molecular flexibility index (Phi) is 4.69. The van der Waals surface area contributed by atoms with E-state index in [2.05, 4.69) is 54.4 Å². The van der Waals surface area contributed by atoms with E-state index in [1.54, 1.807) is 11.3 Å². The third kappa shape index (κ3) is 3.84. The number of hydrogen-bond acceptors (Lipinski definition) is 8. The summed E-state index contributed by atoms with van der Waals surface area (Å²) in [4.78, 5) is 19.3. The molecule has 2 aromatic heterocycles. The molecule has 4 aromatic rings. The van der Waals surface area contributed by atoms with Gasteiger partial charge in [-0.25, -0.2) is 4.98 Å². The van der Waals surface area contributed by atoms with Crippen LogP contribution in [0.15, 0.2) is 54.0 Å². The maximum atomic E-state index is 10.1. The van der Waals surface area contributed by atoms with E-state index in [1.165, 1.54) is 5.56 Å². The second-order valence-corrected chi connectivity index (χ2v) is 7.98. The number of benzene rings is 2. The molecule has 1 unspecified atom stereocenters. The summed E-state index contributed by atoms with van der Waals surface area (Å²) in [7, 11) is 0. The highest BCUT2D eigenvalue weighted by atomic mass is 32.1. The Hall–Kier alpha value is -3.26. The van der Waals surface area contributed by atoms with Crippen molar-refractivity contribution >= 4 is 39.1 Å². The molecule has 2 aromatic carbocycles. The Morgan fingerprint density at radius 1 is 1.10 bits per heavy atom. The summed E-state index contributed by atoms with van der Waals surface area (Å²) in [6.07, 6.45) is 3.08. The van der Waals surface area contributed by atoms with Gasteiger partial charge in [0.2, 0.25) is 11.9 Å². The van der Waals surface area contributed by atoms with Crippen LogP contribution in [0.1, 0.15) is 18.4 Å². The molecule has 5 rings (SSSR count). The second kappa shape index (κ2) is 7.63. The van der Waals surface area contributed by atoms with Crippen molar-refractivity contribution in [3.05, 3.63) is 59.6 Å². The van der Waals surface area contributed by atoms with Crippen LogP contribution in [0.5, 0.6) is 6.01 Å². The predicted octanol–water partition coefficient (Wildman–Crippen LogP) is 4.14. The quantitative estimate of drug-likeness (QED) is 0.517. The van der Waals surface area contributed by atoms with Crippen molar-refractivity contribution < 1.29 is 5.11 Å². The van der Waals surface area contributed by atoms with Gasteiger partial charge in [-0.2, -0.15) is 15.0 Å². The van der Waals surface area contributed by atoms with E-state index in [0.717, 1.165) is 41.7 Å². The molecule has 0 radical (unpaired) electrons. The smallest absolute Gasteiger partial charge is 0.320 e. The molecule has 0 bridgehead atoms. The van der Waals surface area contributed by atoms with E-state index < -0.39 is 0 Å². The molecule has 0 spiro atoms. The summed E-state index contributed by atoms with van der Waals surface area (Å²) in [6.45, 7) is 0.868. The van der Waals surface area contributed by atoms with Gasteiger partial charge in [-0.15, -0.1) is 11.3 Å². The van der Waals surface area contributed by atoms with Crippen molar-refractivity contribution in [1.29, 1.82) is 0 Å². The van der Waals surface area contributed by atoms with E-state index in [9.17, 15) is 5.11 Å². The van der Waals surface area contributed by atoms with Gasteiger partial charge in [0.15, 0.2) is 0 Å². The number of rotatable bonds is 5. The number of fused-ring (bicyclic) bond motifs is 1. The van der Waals surface area contributed by atoms with Crippen LogP contribution < -0.4 is 10.2 Å². The van der Waals surface area contributed by atoms with Crippen LogP contribution >= 0.6 is 11.3 Å². The maximum absolute atomic E-state index is 10.1. The summed E-state index contributed by atoms with van der Waals surface area (Å²) in [5.41, 5.74) is 4.92. The molecular formula is C21H20N6OS. The zero-order chi connectivity index (χ0) is 19.6. The van der Waals surface area contributed by atoms with E-state index in [1.807, 2.05) is 29.8 Å². The molecule has 146 valence electrons. The lowest BCUT2D eigenvalue weighted by Crippen LogP contribution is -2.32. The number of hydrogen-bond donors (Lipinski definition) is 2. The molecule has 29 heavy (non-hydrogen) atoms. The highest BCUT2D eigenvalue weighted by Crippen LogP contribution is 2.28. The standard InChI is InChI=1S/C21H20N6OS/c28-21-25-19(23-15-8-9-17-18(12-15)29-13-22-17)24-20(26-21)27-10-4-7-16(27)11-14-5-2-1-3-6-14/h1-3,5-6,8-9,12-13,16H,4,7,10-11H2,(H2,23,24,25,26,28). The molecule has 3 heterocycles. The van der Waals surface area contributed by atoms with Gasteiger partial charge in [-0.3, -0.25) is 0 Å². The first-order chi connectivity index (χ1) is 14.2. The fourth-order valence-electron chi connectivity index (χ4n) is 3.80. The Balaban J connectivity index is 1.39. The van der Waals surface area contributed by atoms with E-state index in [-0.39, 0.29) is 6.01 Å². The van der Waals surface area contributed by atoms with Gasteiger partial charge >= 0.3 is 6.01 Å². The van der Waals surface area contributed by atoms with Gasteiger partial charge in [0, 0.05) is 18.3 Å². The third-order valence-electron chi connectivity index (χ3n) is 5.15. The van der Waals surface area contributed by atoms with Crippen molar-refractivity contribution in [3.63, 3.8) is 0 Å². The first-order valence-corrected chi connectivity index (χ1v) is 10.5. The summed E-state index contributed by atoms with van der Waals surface area (Å²) >= 11 is 1.58. The van der Waals surface area contributed by atoms with Crippen LogP contribution in [0.2, 0.25) is 0 Å². The van der Waals surface area contributed by atoms with Gasteiger partial charge in [-0.1, -0.05) is 30.3 Å². The molecule has 0 amide bonds. The topological polar surface area (TPSA) is 87.1 Å². The maximum Gasteiger partial charge on any atom is 0.320 e. The van der Waals surface area contributed by atoms with Gasteiger partial charge in [-0.05, 0) is 43.0 Å².